The Hall–Kier alpha value is -1.34. The second-order valence-corrected chi connectivity index (χ2v) is 5.92. The van der Waals surface area contributed by atoms with E-state index in [1.165, 1.54) is 17.7 Å². The van der Waals surface area contributed by atoms with Gasteiger partial charge in [-0.25, -0.2) is 9.59 Å². The Balaban J connectivity index is 1.88. The molecule has 0 aliphatic carbocycles. The number of hydrogen-bond acceptors (Lipinski definition) is 4. The van der Waals surface area contributed by atoms with E-state index < -0.39 is 12.0 Å². The van der Waals surface area contributed by atoms with Crippen LogP contribution in [0, 0.1) is 0 Å². The maximum atomic E-state index is 12.2. The molecule has 2 amide bonds. The molecule has 2 heterocycles. The maximum absolute atomic E-state index is 12.2. The number of piperidine rings is 1. The fourth-order valence-electron chi connectivity index (χ4n) is 3.14. The first-order valence-electron chi connectivity index (χ1n) is 7.53. The van der Waals surface area contributed by atoms with Gasteiger partial charge in [0.05, 0.1) is 6.10 Å². The van der Waals surface area contributed by atoms with E-state index in [0.29, 0.717) is 25.6 Å². The fourth-order valence-corrected chi connectivity index (χ4v) is 3.14. The number of ether oxygens (including phenoxy) is 1. The molecule has 2 saturated heterocycles. The lowest BCUT2D eigenvalue weighted by molar-refractivity contribution is -0.141. The fraction of sp³-hybridized carbons (Fsp3) is 0.857. The van der Waals surface area contributed by atoms with Crippen molar-refractivity contribution in [1.82, 2.24) is 15.1 Å². The van der Waals surface area contributed by atoms with Crippen molar-refractivity contribution in [3.05, 3.63) is 0 Å². The molecule has 0 saturated carbocycles. The van der Waals surface area contributed by atoms with Crippen LogP contribution >= 0.6 is 0 Å². The number of carboxylic acids is 1. The highest BCUT2D eigenvalue weighted by molar-refractivity contribution is 5.83. The zero-order valence-electron chi connectivity index (χ0n) is 12.7. The molecule has 7 heteroatoms. The average Bonchev–Trinajstić information content (AvgIpc) is 2.90. The molecule has 2 N–H and O–H groups in total. The van der Waals surface area contributed by atoms with Gasteiger partial charge in [0.2, 0.25) is 0 Å². The number of methoxy groups -OCH3 is 1. The molecule has 0 spiro atoms. The summed E-state index contributed by atoms with van der Waals surface area (Å²) in [6, 6.07) is -0.758. The second-order valence-electron chi connectivity index (χ2n) is 5.92. The molecular formula is C14H25N3O4. The highest BCUT2D eigenvalue weighted by atomic mass is 16.5. The lowest BCUT2D eigenvalue weighted by Crippen LogP contribution is -2.50. The molecule has 2 aliphatic rings. The smallest absolute Gasteiger partial charge is 0.326 e. The quantitative estimate of drug-likeness (QED) is 0.783. The van der Waals surface area contributed by atoms with E-state index in [4.69, 9.17) is 4.74 Å². The molecule has 0 aromatic carbocycles. The summed E-state index contributed by atoms with van der Waals surface area (Å²) in [7, 11) is 3.61. The molecule has 21 heavy (non-hydrogen) atoms. The van der Waals surface area contributed by atoms with Gasteiger partial charge >= 0.3 is 12.0 Å². The SMILES string of the molecule is COC1CC(C(=O)O)N(C(=O)NCC2CCCCN2C)C1. The van der Waals surface area contributed by atoms with Gasteiger partial charge in [-0.2, -0.15) is 0 Å². The minimum absolute atomic E-state index is 0.200. The number of hydrogen-bond donors (Lipinski definition) is 2. The van der Waals surface area contributed by atoms with Gasteiger partial charge < -0.3 is 25.0 Å². The summed E-state index contributed by atoms with van der Waals surface area (Å²) < 4.78 is 5.19. The summed E-state index contributed by atoms with van der Waals surface area (Å²) in [5, 5.41) is 12.1. The first-order valence-corrected chi connectivity index (χ1v) is 7.53. The molecule has 2 rings (SSSR count). The van der Waals surface area contributed by atoms with Crippen LogP contribution in [0.1, 0.15) is 25.7 Å². The molecule has 3 atom stereocenters. The van der Waals surface area contributed by atoms with Gasteiger partial charge in [-0.1, -0.05) is 6.42 Å². The number of likely N-dealkylation sites (tertiary alicyclic amines) is 2. The Bertz CT molecular complexity index is 390. The van der Waals surface area contributed by atoms with Crippen molar-refractivity contribution in [2.24, 2.45) is 0 Å². The highest BCUT2D eigenvalue weighted by Gasteiger charge is 2.40. The summed E-state index contributed by atoms with van der Waals surface area (Å²) in [6.45, 7) is 1.95. The standard InChI is InChI=1S/C14H25N3O4/c1-16-6-4-3-5-10(16)8-15-14(20)17-9-11(21-2)7-12(17)13(18)19/h10-12H,3-9H2,1-2H3,(H,15,20)(H,18,19). The van der Waals surface area contributed by atoms with Crippen LogP contribution in [-0.2, 0) is 9.53 Å². The number of rotatable bonds is 4. The van der Waals surface area contributed by atoms with E-state index in [-0.39, 0.29) is 12.1 Å². The third-order valence-corrected chi connectivity index (χ3v) is 4.55. The van der Waals surface area contributed by atoms with Crippen LogP contribution in [-0.4, -0.2) is 78.9 Å². The van der Waals surface area contributed by atoms with E-state index >= 15 is 0 Å². The second kappa shape index (κ2) is 7.09. The van der Waals surface area contributed by atoms with Gasteiger partial charge in [0, 0.05) is 32.7 Å². The monoisotopic (exact) mass is 299 g/mol. The van der Waals surface area contributed by atoms with Gasteiger partial charge in [-0.15, -0.1) is 0 Å². The van der Waals surface area contributed by atoms with Crippen LogP contribution in [0.4, 0.5) is 4.79 Å². The predicted octanol–water partition coefficient (Wildman–Crippen LogP) is 0.354. The number of urea groups is 1. The molecular weight excluding hydrogens is 274 g/mol. The number of nitrogens with zero attached hydrogens (tertiary/aromatic N) is 2. The van der Waals surface area contributed by atoms with Crippen LogP contribution in [0.3, 0.4) is 0 Å². The molecule has 7 nitrogen and oxygen atoms in total. The average molecular weight is 299 g/mol. The zero-order chi connectivity index (χ0) is 15.4. The van der Waals surface area contributed by atoms with Crippen molar-refractivity contribution in [2.45, 2.75) is 43.9 Å². The normalized spacial score (nSPS) is 30.4. The predicted molar refractivity (Wildman–Crippen MR) is 77.2 cm³/mol. The molecule has 0 aromatic rings. The molecule has 0 aromatic heterocycles. The minimum Gasteiger partial charge on any atom is -0.480 e. The number of nitrogens with one attached hydrogen (secondary N) is 1. The summed E-state index contributed by atoms with van der Waals surface area (Å²) >= 11 is 0. The molecule has 120 valence electrons. The Labute approximate surface area is 125 Å². The number of aliphatic carboxylic acids is 1. The summed E-state index contributed by atoms with van der Waals surface area (Å²) in [5.74, 6) is -0.973. The Morgan fingerprint density at radius 3 is 2.76 bits per heavy atom. The van der Waals surface area contributed by atoms with Crippen LogP contribution in [0.15, 0.2) is 0 Å². The van der Waals surface area contributed by atoms with Crippen LogP contribution in [0.2, 0.25) is 0 Å². The summed E-state index contributed by atoms with van der Waals surface area (Å²) in [4.78, 5) is 27.1. The van der Waals surface area contributed by atoms with E-state index in [1.807, 2.05) is 0 Å². The van der Waals surface area contributed by atoms with Gasteiger partial charge in [-0.05, 0) is 26.4 Å². The van der Waals surface area contributed by atoms with Crippen molar-refractivity contribution in [1.29, 1.82) is 0 Å². The van der Waals surface area contributed by atoms with Crippen LogP contribution in [0.25, 0.3) is 0 Å². The van der Waals surface area contributed by atoms with E-state index in [1.54, 1.807) is 7.11 Å². The molecule has 3 unspecified atom stereocenters. The van der Waals surface area contributed by atoms with E-state index in [2.05, 4.69) is 17.3 Å². The molecule has 0 bridgehead atoms. The van der Waals surface area contributed by atoms with Gasteiger partial charge in [0.15, 0.2) is 0 Å². The van der Waals surface area contributed by atoms with Gasteiger partial charge in [0.1, 0.15) is 6.04 Å². The zero-order valence-corrected chi connectivity index (χ0v) is 12.7. The largest absolute Gasteiger partial charge is 0.480 e. The first-order chi connectivity index (χ1) is 10.0. The van der Waals surface area contributed by atoms with Crippen molar-refractivity contribution < 1.29 is 19.4 Å². The lowest BCUT2D eigenvalue weighted by Gasteiger charge is -2.33. The number of amides is 2. The van der Waals surface area contributed by atoms with E-state index in [0.717, 1.165) is 13.0 Å². The highest BCUT2D eigenvalue weighted by Crippen LogP contribution is 2.20. The molecule has 2 fully saturated rings. The minimum atomic E-state index is -0.973. The maximum Gasteiger partial charge on any atom is 0.326 e. The Kier molecular flexibility index (Phi) is 5.41. The summed E-state index contributed by atoms with van der Waals surface area (Å²) in [6.07, 6.45) is 3.60. The number of carbonyl (C=O) groups excluding carboxylic acids is 1. The molecule has 2 aliphatic heterocycles. The molecule has 0 radical (unpaired) electrons. The topological polar surface area (TPSA) is 82.1 Å². The van der Waals surface area contributed by atoms with Gasteiger partial charge in [-0.3, -0.25) is 0 Å². The van der Waals surface area contributed by atoms with Crippen molar-refractivity contribution in [2.75, 3.05) is 33.8 Å². The van der Waals surface area contributed by atoms with E-state index in [9.17, 15) is 14.7 Å². The lowest BCUT2D eigenvalue weighted by atomic mass is 10.0. The van der Waals surface area contributed by atoms with Crippen molar-refractivity contribution >= 4 is 12.0 Å². The third kappa shape index (κ3) is 3.85. The van der Waals surface area contributed by atoms with Crippen LogP contribution < -0.4 is 5.32 Å². The van der Waals surface area contributed by atoms with Gasteiger partial charge in [0.25, 0.3) is 0 Å². The van der Waals surface area contributed by atoms with Crippen molar-refractivity contribution in [3.63, 3.8) is 0 Å². The van der Waals surface area contributed by atoms with Crippen molar-refractivity contribution in [3.8, 4) is 0 Å². The first kappa shape index (κ1) is 16.0. The number of carboxylic acid groups (broad SMARTS) is 1. The Morgan fingerprint density at radius 2 is 2.14 bits per heavy atom. The number of carbonyl (C=O) groups is 2. The van der Waals surface area contributed by atoms with Crippen LogP contribution in [0.5, 0.6) is 0 Å². The third-order valence-electron chi connectivity index (χ3n) is 4.55. The summed E-state index contributed by atoms with van der Waals surface area (Å²) in [5.41, 5.74) is 0. The Morgan fingerprint density at radius 1 is 1.38 bits per heavy atom. The number of likely N-dealkylation sites (N-methyl/N-ethyl adjacent to an activating group) is 1.